The van der Waals surface area contributed by atoms with Crippen LogP contribution in [-0.4, -0.2) is 65.8 Å². The molecule has 2 aromatic rings. The molecule has 1 aliphatic carbocycles. The molecule has 0 radical (unpaired) electrons. The zero-order chi connectivity index (χ0) is 22.9. The Morgan fingerprint density at radius 2 is 2.16 bits per heavy atom. The molecule has 2 N–H and O–H groups in total. The molecule has 2 aromatic heterocycles. The monoisotopic (exact) mass is 481 g/mol. The minimum Gasteiger partial charge on any atom is -0.465 e. The largest absolute Gasteiger partial charge is 0.465 e. The second kappa shape index (κ2) is 9.36. The van der Waals surface area contributed by atoms with Crippen molar-refractivity contribution in [3.8, 4) is 0 Å². The van der Waals surface area contributed by atoms with Crippen molar-refractivity contribution in [3.05, 3.63) is 27.7 Å². The van der Waals surface area contributed by atoms with Crippen LogP contribution in [0.5, 0.6) is 0 Å². The number of H-pyrrole nitrogens is 1. The highest BCUT2D eigenvalue weighted by atomic mass is 35.5. The Morgan fingerprint density at radius 1 is 1.38 bits per heavy atom. The molecular weight excluding hydrogens is 454 g/mol. The number of ether oxygens (including phenoxy) is 2. The molecule has 32 heavy (non-hydrogen) atoms. The lowest BCUT2D eigenvalue weighted by Gasteiger charge is -2.37. The van der Waals surface area contributed by atoms with Crippen LogP contribution in [-0.2, 0) is 26.1 Å². The summed E-state index contributed by atoms with van der Waals surface area (Å²) in [6.07, 6.45) is 2.71. The van der Waals surface area contributed by atoms with Gasteiger partial charge in [-0.15, -0.1) is 11.3 Å². The van der Waals surface area contributed by atoms with Crippen molar-refractivity contribution in [2.75, 3.05) is 31.7 Å². The number of anilines is 1. The number of amides is 1. The summed E-state index contributed by atoms with van der Waals surface area (Å²) in [6, 6.07) is -0.161. The van der Waals surface area contributed by atoms with Gasteiger partial charge in [-0.2, -0.15) is 0 Å². The fourth-order valence-electron chi connectivity index (χ4n) is 4.05. The number of carbonyl (C=O) groups is 2. The number of aromatic nitrogens is 3. The standard InChI is InChI=1S/C21H28ClN5O4S/c1-4-12-16(22)26-17(23-12)18(28)24-13-6-9-27(10-14(13)30-3)20-25-15(11-32-20)21(7-8-21)19(29)31-5-2/h11,13-14H,4-10H2,1-3H3,(H,23,26)(H,24,28)/t13-,14+/m1/s1. The summed E-state index contributed by atoms with van der Waals surface area (Å²) in [7, 11) is 1.64. The van der Waals surface area contributed by atoms with E-state index in [2.05, 4.69) is 20.2 Å². The third kappa shape index (κ3) is 4.35. The summed E-state index contributed by atoms with van der Waals surface area (Å²) >= 11 is 7.59. The van der Waals surface area contributed by atoms with E-state index in [1.807, 2.05) is 19.2 Å². The van der Waals surface area contributed by atoms with Crippen LogP contribution < -0.4 is 10.2 Å². The molecule has 4 rings (SSSR count). The average molecular weight is 482 g/mol. The third-order valence-electron chi connectivity index (χ3n) is 6.14. The van der Waals surface area contributed by atoms with Gasteiger partial charge in [0.2, 0.25) is 0 Å². The van der Waals surface area contributed by atoms with Gasteiger partial charge >= 0.3 is 5.97 Å². The molecule has 1 amide bonds. The van der Waals surface area contributed by atoms with Crippen LogP contribution in [0.25, 0.3) is 0 Å². The first-order chi connectivity index (χ1) is 15.4. The molecule has 0 unspecified atom stereocenters. The van der Waals surface area contributed by atoms with Crippen LogP contribution in [0.4, 0.5) is 5.13 Å². The Kier molecular flexibility index (Phi) is 6.73. The van der Waals surface area contributed by atoms with E-state index in [0.717, 1.165) is 29.4 Å². The summed E-state index contributed by atoms with van der Waals surface area (Å²) in [4.78, 5) is 39.0. The lowest BCUT2D eigenvalue weighted by Crippen LogP contribution is -2.55. The molecule has 0 aromatic carbocycles. The number of rotatable bonds is 8. The lowest BCUT2D eigenvalue weighted by molar-refractivity contribution is -0.146. The van der Waals surface area contributed by atoms with E-state index in [4.69, 9.17) is 26.1 Å². The summed E-state index contributed by atoms with van der Waals surface area (Å²) in [5.41, 5.74) is 0.965. The highest BCUT2D eigenvalue weighted by Crippen LogP contribution is 2.50. The molecule has 11 heteroatoms. The summed E-state index contributed by atoms with van der Waals surface area (Å²) < 4.78 is 10.9. The van der Waals surface area contributed by atoms with Gasteiger partial charge in [-0.25, -0.2) is 9.97 Å². The number of halogens is 1. The van der Waals surface area contributed by atoms with Crippen molar-refractivity contribution < 1.29 is 19.1 Å². The number of aromatic amines is 1. The van der Waals surface area contributed by atoms with E-state index in [1.54, 1.807) is 7.11 Å². The van der Waals surface area contributed by atoms with Gasteiger partial charge < -0.3 is 24.7 Å². The first kappa shape index (κ1) is 23.0. The zero-order valence-corrected chi connectivity index (χ0v) is 20.0. The molecule has 2 fully saturated rings. The van der Waals surface area contributed by atoms with Gasteiger partial charge in [0, 0.05) is 25.6 Å². The number of nitrogens with one attached hydrogen (secondary N) is 2. The maximum atomic E-state index is 12.7. The highest BCUT2D eigenvalue weighted by Gasteiger charge is 2.54. The van der Waals surface area contributed by atoms with Crippen molar-refractivity contribution in [2.24, 2.45) is 0 Å². The zero-order valence-electron chi connectivity index (χ0n) is 18.4. The predicted octanol–water partition coefficient (Wildman–Crippen LogP) is 2.70. The number of methoxy groups -OCH3 is 1. The molecule has 9 nitrogen and oxygen atoms in total. The normalized spacial score (nSPS) is 21.9. The quantitative estimate of drug-likeness (QED) is 0.558. The van der Waals surface area contributed by atoms with E-state index < -0.39 is 5.41 Å². The Morgan fingerprint density at radius 3 is 2.78 bits per heavy atom. The maximum absolute atomic E-state index is 12.7. The van der Waals surface area contributed by atoms with Crippen LogP contribution in [0.3, 0.4) is 0 Å². The number of nitrogens with zero attached hydrogens (tertiary/aromatic N) is 3. The van der Waals surface area contributed by atoms with Crippen LogP contribution in [0, 0.1) is 0 Å². The topological polar surface area (TPSA) is 109 Å². The number of imidazole rings is 1. The van der Waals surface area contributed by atoms with Gasteiger partial charge in [0.15, 0.2) is 16.1 Å². The molecule has 0 bridgehead atoms. The van der Waals surface area contributed by atoms with Crippen LogP contribution in [0.15, 0.2) is 5.38 Å². The number of esters is 1. The van der Waals surface area contributed by atoms with Crippen LogP contribution >= 0.6 is 22.9 Å². The number of thiazole rings is 1. The molecule has 1 aliphatic heterocycles. The van der Waals surface area contributed by atoms with E-state index in [1.165, 1.54) is 11.3 Å². The fraction of sp³-hybridized carbons (Fsp3) is 0.619. The molecule has 2 atom stereocenters. The second-order valence-corrected chi connectivity index (χ2v) is 9.31. The van der Waals surface area contributed by atoms with Gasteiger partial charge in [-0.1, -0.05) is 18.5 Å². The Bertz CT molecular complexity index is 989. The minimum atomic E-state index is -0.570. The number of carbonyl (C=O) groups excluding carboxylic acids is 2. The third-order valence-corrected chi connectivity index (χ3v) is 7.36. The number of aryl methyl sites for hydroxylation is 1. The van der Waals surface area contributed by atoms with Crippen molar-refractivity contribution >= 4 is 39.9 Å². The second-order valence-electron chi connectivity index (χ2n) is 8.12. The summed E-state index contributed by atoms with van der Waals surface area (Å²) in [5.74, 6) is -0.270. The van der Waals surface area contributed by atoms with Crippen molar-refractivity contribution in [1.29, 1.82) is 0 Å². The van der Waals surface area contributed by atoms with Gasteiger partial charge in [0.05, 0.1) is 30.1 Å². The Balaban J connectivity index is 1.40. The number of piperidine rings is 1. The van der Waals surface area contributed by atoms with Crippen molar-refractivity contribution in [1.82, 2.24) is 20.3 Å². The maximum Gasteiger partial charge on any atom is 0.318 e. The molecular formula is C21H28ClN5O4S. The summed E-state index contributed by atoms with van der Waals surface area (Å²) in [6.45, 7) is 5.43. The predicted molar refractivity (Wildman–Crippen MR) is 122 cm³/mol. The molecule has 3 heterocycles. The Labute approximate surface area is 195 Å². The fourth-order valence-corrected chi connectivity index (χ4v) is 5.28. The van der Waals surface area contributed by atoms with E-state index in [-0.39, 0.29) is 29.8 Å². The first-order valence-electron chi connectivity index (χ1n) is 10.9. The van der Waals surface area contributed by atoms with E-state index in [9.17, 15) is 9.59 Å². The first-order valence-corrected chi connectivity index (χ1v) is 12.1. The SMILES string of the molecule is CCOC(=O)C1(c2csc(N3CC[C@@H](NC(=O)c4nc(Cl)c(CC)[nH]4)[C@@H](OC)C3)n2)CC1. The Hall–Kier alpha value is -2.17. The van der Waals surface area contributed by atoms with Crippen LogP contribution in [0.1, 0.15) is 55.1 Å². The highest BCUT2D eigenvalue weighted by molar-refractivity contribution is 7.13. The van der Waals surface area contributed by atoms with Gasteiger partial charge in [0.25, 0.3) is 5.91 Å². The van der Waals surface area contributed by atoms with Gasteiger partial charge in [0.1, 0.15) is 5.41 Å². The molecule has 1 saturated carbocycles. The van der Waals surface area contributed by atoms with Gasteiger partial charge in [-0.05, 0) is 32.6 Å². The van der Waals surface area contributed by atoms with E-state index in [0.29, 0.717) is 37.7 Å². The van der Waals surface area contributed by atoms with Gasteiger partial charge in [-0.3, -0.25) is 9.59 Å². The minimum absolute atomic E-state index is 0.161. The average Bonchev–Trinajstić information content (AvgIpc) is 3.29. The number of hydrogen-bond acceptors (Lipinski definition) is 8. The molecule has 174 valence electrons. The molecule has 1 saturated heterocycles. The smallest absolute Gasteiger partial charge is 0.318 e. The molecule has 0 spiro atoms. The van der Waals surface area contributed by atoms with E-state index >= 15 is 0 Å². The molecule has 2 aliphatic rings. The van der Waals surface area contributed by atoms with Crippen LogP contribution in [0.2, 0.25) is 5.15 Å². The van der Waals surface area contributed by atoms with Crippen molar-refractivity contribution in [3.63, 3.8) is 0 Å². The lowest BCUT2D eigenvalue weighted by atomic mass is 10.0. The van der Waals surface area contributed by atoms with Crippen molar-refractivity contribution in [2.45, 2.75) is 57.1 Å². The summed E-state index contributed by atoms with van der Waals surface area (Å²) in [5, 5.41) is 6.16. The number of hydrogen-bond donors (Lipinski definition) is 2.